The molecule has 13 N–H and O–H groups in total. The molecule has 0 aromatic rings. The third-order valence-electron chi connectivity index (χ3n) is 1.10. The fourth-order valence-electron chi connectivity index (χ4n) is 0. The summed E-state index contributed by atoms with van der Waals surface area (Å²) in [5.41, 5.74) is 17.9. The van der Waals surface area contributed by atoms with Crippen LogP contribution in [-0.4, -0.2) is 47.1 Å². The Kier molecular flexibility index (Phi) is 53.3. The highest BCUT2D eigenvalue weighted by atomic mass is 35.5. The molecule has 0 rings (SSSR count). The van der Waals surface area contributed by atoms with E-state index in [0.29, 0.717) is 37.6 Å². The minimum Gasteiger partial charge on any atom is -0.396 e. The van der Waals surface area contributed by atoms with Crippen LogP contribution in [-0.2, 0) is 0 Å². The number of aliphatic hydroxyl groups excluding tert-OH is 3. The van der Waals surface area contributed by atoms with E-state index in [-0.39, 0.29) is 24.3 Å². The van der Waals surface area contributed by atoms with Crippen molar-refractivity contribution in [1.29, 1.82) is 10.8 Å². The summed E-state index contributed by atoms with van der Waals surface area (Å²) in [7, 11) is 0. The Labute approximate surface area is 153 Å². The highest BCUT2D eigenvalue weighted by Gasteiger charge is 1.82. The third-order valence-corrected chi connectivity index (χ3v) is 1.10. The summed E-state index contributed by atoms with van der Waals surface area (Å²) < 4.78 is 0. The monoisotopic (exact) mass is 376 g/mol. The molecule has 152 valence electrons. The van der Waals surface area contributed by atoms with Crippen LogP contribution in [0.25, 0.3) is 0 Å². The Morgan fingerprint density at radius 2 is 0.667 bits per heavy atom. The number of nitrogens with two attached hydrogens (primary N) is 4. The first-order valence-corrected chi connectivity index (χ1v) is 7.29. The van der Waals surface area contributed by atoms with Gasteiger partial charge >= 0.3 is 0 Å². The maximum atomic E-state index is 8.14. The number of hydrogen-bond acceptors (Lipinski definition) is 5. The standard InChI is InChI=1S/3C4H10O.2CH5N3.ClH/c3*1-4(2)3-5;2*2-1(3)4;/h3*4-5H,3H2,1-2H3;2*(H5,2,3,4);1H. The quantitative estimate of drug-likeness (QED) is 0.242. The lowest BCUT2D eigenvalue weighted by atomic mass is 10.2. The van der Waals surface area contributed by atoms with Gasteiger partial charge in [0.05, 0.1) is 0 Å². The molecule has 0 heterocycles. The molecule has 9 nitrogen and oxygen atoms in total. The van der Waals surface area contributed by atoms with E-state index in [2.05, 4.69) is 22.9 Å². The van der Waals surface area contributed by atoms with E-state index in [0.717, 1.165) is 0 Å². The Hall–Kier alpha value is -1.29. The Morgan fingerprint density at radius 1 is 0.625 bits per heavy atom. The van der Waals surface area contributed by atoms with Crippen LogP contribution in [0.1, 0.15) is 41.5 Å². The highest BCUT2D eigenvalue weighted by molar-refractivity contribution is 5.85. The minimum atomic E-state index is -0.333. The van der Waals surface area contributed by atoms with Crippen LogP contribution in [0.15, 0.2) is 0 Å². The minimum absolute atomic E-state index is 0. The predicted molar refractivity (Wildman–Crippen MR) is 105 cm³/mol. The van der Waals surface area contributed by atoms with Crippen LogP contribution in [0.2, 0.25) is 0 Å². The van der Waals surface area contributed by atoms with E-state index < -0.39 is 0 Å². The molecule has 0 amide bonds. The van der Waals surface area contributed by atoms with Gasteiger partial charge in [-0.2, -0.15) is 0 Å². The van der Waals surface area contributed by atoms with Crippen LogP contribution in [0, 0.1) is 28.6 Å². The van der Waals surface area contributed by atoms with Crippen molar-refractivity contribution >= 4 is 24.3 Å². The second-order valence-corrected chi connectivity index (χ2v) is 5.64. The van der Waals surface area contributed by atoms with Gasteiger partial charge in [-0.1, -0.05) is 41.5 Å². The first-order valence-electron chi connectivity index (χ1n) is 7.29. The second-order valence-electron chi connectivity index (χ2n) is 5.64. The van der Waals surface area contributed by atoms with Gasteiger partial charge < -0.3 is 38.3 Å². The molecule has 0 aromatic carbocycles. The van der Waals surface area contributed by atoms with Crippen LogP contribution in [0.4, 0.5) is 0 Å². The van der Waals surface area contributed by atoms with Gasteiger partial charge in [0.1, 0.15) is 0 Å². The molecule has 0 unspecified atom stereocenters. The molecule has 0 atom stereocenters. The number of rotatable bonds is 3. The van der Waals surface area contributed by atoms with Crippen LogP contribution < -0.4 is 22.9 Å². The van der Waals surface area contributed by atoms with E-state index in [9.17, 15) is 0 Å². The number of guanidine groups is 2. The SMILES string of the molecule is CC(C)CO.CC(C)CO.CC(C)CO.Cl.N=C(N)N.N=C(N)N. The Balaban J connectivity index is -0.0000000419. The van der Waals surface area contributed by atoms with Crippen molar-refractivity contribution in [2.75, 3.05) is 19.8 Å². The van der Waals surface area contributed by atoms with E-state index in [1.807, 2.05) is 41.5 Å². The van der Waals surface area contributed by atoms with Crippen molar-refractivity contribution in [2.45, 2.75) is 41.5 Å². The lowest BCUT2D eigenvalue weighted by Crippen LogP contribution is -2.20. The van der Waals surface area contributed by atoms with Crippen molar-refractivity contribution in [3.63, 3.8) is 0 Å². The maximum absolute atomic E-state index is 8.14. The molecule has 0 aromatic heterocycles. The zero-order chi connectivity index (χ0) is 20.0. The van der Waals surface area contributed by atoms with Crippen molar-refractivity contribution < 1.29 is 15.3 Å². The summed E-state index contributed by atoms with van der Waals surface area (Å²) in [5, 5.41) is 36.5. The van der Waals surface area contributed by atoms with Gasteiger partial charge in [0.15, 0.2) is 11.9 Å². The molecule has 0 aliphatic carbocycles. The summed E-state index contributed by atoms with van der Waals surface area (Å²) in [5.74, 6) is 0.653. The third kappa shape index (κ3) is 363. The lowest BCUT2D eigenvalue weighted by Gasteiger charge is -1.90. The van der Waals surface area contributed by atoms with E-state index >= 15 is 0 Å². The second kappa shape index (κ2) is 33.3. The van der Waals surface area contributed by atoms with Crippen molar-refractivity contribution in [2.24, 2.45) is 40.7 Å². The molecule has 0 bridgehead atoms. The topological polar surface area (TPSA) is 212 Å². The average molecular weight is 377 g/mol. The van der Waals surface area contributed by atoms with Crippen LogP contribution in [0.3, 0.4) is 0 Å². The number of hydrogen-bond donors (Lipinski definition) is 9. The molecule has 0 spiro atoms. The van der Waals surface area contributed by atoms with Gasteiger partial charge in [-0.3, -0.25) is 10.8 Å². The fraction of sp³-hybridized carbons (Fsp3) is 0.857. The lowest BCUT2D eigenvalue weighted by molar-refractivity contribution is 0.248. The van der Waals surface area contributed by atoms with Crippen molar-refractivity contribution in [3.8, 4) is 0 Å². The van der Waals surface area contributed by atoms with Gasteiger partial charge in [-0.15, -0.1) is 12.4 Å². The van der Waals surface area contributed by atoms with Crippen LogP contribution in [0.5, 0.6) is 0 Å². The Bertz CT molecular complexity index is 204. The molecule has 0 aliphatic heterocycles. The summed E-state index contributed by atoms with van der Waals surface area (Å²) in [6, 6.07) is 0. The first kappa shape index (κ1) is 38.3. The summed E-state index contributed by atoms with van der Waals surface area (Å²) in [6.45, 7) is 12.7. The van der Waals surface area contributed by atoms with Gasteiger partial charge in [-0.25, -0.2) is 0 Å². The summed E-state index contributed by atoms with van der Waals surface area (Å²) >= 11 is 0. The maximum Gasteiger partial charge on any atom is 0.183 e. The average Bonchev–Trinajstić information content (AvgIpc) is 2.38. The van der Waals surface area contributed by atoms with Gasteiger partial charge in [-0.05, 0) is 17.8 Å². The fourth-order valence-corrected chi connectivity index (χ4v) is 0. The molecule has 0 saturated heterocycles. The number of aliphatic hydroxyl groups is 3. The van der Waals surface area contributed by atoms with Crippen molar-refractivity contribution in [1.82, 2.24) is 0 Å². The highest BCUT2D eigenvalue weighted by Crippen LogP contribution is 1.84. The zero-order valence-corrected chi connectivity index (χ0v) is 16.7. The summed E-state index contributed by atoms with van der Waals surface area (Å²) in [6.07, 6.45) is 0. The molecule has 24 heavy (non-hydrogen) atoms. The van der Waals surface area contributed by atoms with Crippen LogP contribution >= 0.6 is 12.4 Å². The molecule has 0 radical (unpaired) electrons. The molecule has 0 saturated carbocycles. The number of halogens is 1. The van der Waals surface area contributed by atoms with E-state index in [1.165, 1.54) is 0 Å². The molecular weight excluding hydrogens is 336 g/mol. The van der Waals surface area contributed by atoms with E-state index in [4.69, 9.17) is 26.1 Å². The van der Waals surface area contributed by atoms with Crippen molar-refractivity contribution in [3.05, 3.63) is 0 Å². The van der Waals surface area contributed by atoms with Gasteiger partial charge in [0, 0.05) is 19.8 Å². The number of nitrogens with one attached hydrogen (secondary N) is 2. The molecule has 10 heteroatoms. The Morgan fingerprint density at radius 3 is 0.667 bits per heavy atom. The van der Waals surface area contributed by atoms with Gasteiger partial charge in [0.2, 0.25) is 0 Å². The van der Waals surface area contributed by atoms with Gasteiger partial charge in [0.25, 0.3) is 0 Å². The molecular formula is C14H41ClN6O3. The zero-order valence-electron chi connectivity index (χ0n) is 15.9. The summed E-state index contributed by atoms with van der Waals surface area (Å²) in [4.78, 5) is 0. The molecule has 0 aliphatic rings. The normalized spacial score (nSPS) is 8.00. The first-order chi connectivity index (χ1) is 10.3. The predicted octanol–water partition coefficient (Wildman–Crippen LogP) is 0.00304. The largest absolute Gasteiger partial charge is 0.396 e. The molecule has 0 fully saturated rings. The van der Waals surface area contributed by atoms with E-state index in [1.54, 1.807) is 0 Å². The smallest absolute Gasteiger partial charge is 0.183 e.